The third-order valence-corrected chi connectivity index (χ3v) is 9.51. The first-order valence-corrected chi connectivity index (χ1v) is 16.8. The van der Waals surface area contributed by atoms with Gasteiger partial charge in [0.15, 0.2) is 0 Å². The van der Waals surface area contributed by atoms with Gasteiger partial charge < -0.3 is 19.4 Å². The summed E-state index contributed by atoms with van der Waals surface area (Å²) in [6, 6.07) is 20.5. The number of carbonyl (C=O) groups excluding carboxylic acids is 2. The summed E-state index contributed by atoms with van der Waals surface area (Å²) in [5.74, 6) is -0.748. The van der Waals surface area contributed by atoms with Gasteiger partial charge >= 0.3 is 5.97 Å². The van der Waals surface area contributed by atoms with E-state index in [0.29, 0.717) is 55.0 Å². The summed E-state index contributed by atoms with van der Waals surface area (Å²) < 4.78 is 28.4. The first-order valence-electron chi connectivity index (χ1n) is 16.1. The van der Waals surface area contributed by atoms with Gasteiger partial charge in [-0.25, -0.2) is 19.2 Å². The van der Waals surface area contributed by atoms with Crippen molar-refractivity contribution in [1.29, 1.82) is 0 Å². The number of halogens is 3. The Balaban J connectivity index is 1.38. The van der Waals surface area contributed by atoms with Crippen molar-refractivity contribution in [2.75, 3.05) is 19.0 Å². The van der Waals surface area contributed by atoms with E-state index in [4.69, 9.17) is 32.7 Å². The number of likely N-dealkylation sites (tertiary alicyclic amines) is 1. The number of imidazole rings is 1. The van der Waals surface area contributed by atoms with E-state index < -0.39 is 23.7 Å². The van der Waals surface area contributed by atoms with Crippen molar-refractivity contribution in [3.05, 3.63) is 117 Å². The summed E-state index contributed by atoms with van der Waals surface area (Å²) in [4.78, 5) is 37.5. The Labute approximate surface area is 294 Å². The number of ether oxygens (including phenoxy) is 2. The number of nitrogens with one attached hydrogen (secondary N) is 1. The maximum atomic E-state index is 15.8. The monoisotopic (exact) mass is 703 g/mol. The predicted octanol–water partition coefficient (Wildman–Crippen LogP) is 7.83. The Kier molecular flexibility index (Phi) is 10.5. The van der Waals surface area contributed by atoms with Gasteiger partial charge in [-0.2, -0.15) is 0 Å². The molecule has 6 rings (SSSR count). The highest BCUT2D eigenvalue weighted by Crippen LogP contribution is 2.43. The van der Waals surface area contributed by atoms with Gasteiger partial charge in [-0.3, -0.25) is 9.69 Å². The molecule has 0 spiro atoms. The third-order valence-electron chi connectivity index (χ3n) is 9.01. The van der Waals surface area contributed by atoms with E-state index in [9.17, 15) is 9.59 Å². The van der Waals surface area contributed by atoms with Crippen molar-refractivity contribution >= 4 is 51.9 Å². The number of benzene rings is 3. The smallest absolute Gasteiger partial charge is 0.337 e. The summed E-state index contributed by atoms with van der Waals surface area (Å²) in [6.07, 6.45) is 2.84. The number of esters is 1. The Hall–Kier alpha value is -4.51. The molecule has 5 aromatic rings. The molecule has 3 heterocycles. The lowest BCUT2D eigenvalue weighted by Crippen LogP contribution is -2.45. The Bertz CT molecular complexity index is 2000. The fraction of sp³-hybridized carbons (Fsp3) is 0.297. The topological polar surface area (TPSA) is 98.6 Å². The predicted molar refractivity (Wildman–Crippen MR) is 188 cm³/mol. The van der Waals surface area contributed by atoms with Crippen LogP contribution in [0.15, 0.2) is 79.1 Å². The number of aryl methyl sites for hydroxylation is 2. The largest absolute Gasteiger partial charge is 0.494 e. The Morgan fingerprint density at radius 2 is 1.88 bits per heavy atom. The molecule has 12 heteroatoms. The second-order valence-electron chi connectivity index (χ2n) is 12.0. The lowest BCUT2D eigenvalue weighted by atomic mass is 9.89. The summed E-state index contributed by atoms with van der Waals surface area (Å²) in [7, 11) is 1.34. The second kappa shape index (κ2) is 14.9. The molecule has 3 aromatic carbocycles. The van der Waals surface area contributed by atoms with Crippen LogP contribution in [0.1, 0.15) is 52.7 Å². The van der Waals surface area contributed by atoms with Crippen LogP contribution in [0, 0.1) is 12.7 Å². The molecule has 0 bridgehead atoms. The summed E-state index contributed by atoms with van der Waals surface area (Å²) in [5.41, 5.74) is 4.01. The van der Waals surface area contributed by atoms with Gasteiger partial charge in [0.05, 0.1) is 47.7 Å². The molecule has 1 aliphatic heterocycles. The molecule has 1 aliphatic rings. The molecule has 0 aliphatic carbocycles. The second-order valence-corrected chi connectivity index (χ2v) is 12.8. The number of hydrogen-bond acceptors (Lipinski definition) is 7. The van der Waals surface area contributed by atoms with E-state index in [1.807, 2.05) is 48.7 Å². The van der Waals surface area contributed by atoms with Gasteiger partial charge in [0.1, 0.15) is 22.5 Å². The number of anilines is 1. The molecule has 254 valence electrons. The summed E-state index contributed by atoms with van der Waals surface area (Å²) in [5, 5.41) is 3.25. The van der Waals surface area contributed by atoms with Crippen molar-refractivity contribution < 1.29 is 23.5 Å². The van der Waals surface area contributed by atoms with Crippen LogP contribution < -0.4 is 10.1 Å². The molecule has 1 fully saturated rings. The van der Waals surface area contributed by atoms with Gasteiger partial charge in [-0.1, -0.05) is 53.5 Å². The fourth-order valence-corrected chi connectivity index (χ4v) is 7.00. The molecule has 2 unspecified atom stereocenters. The van der Waals surface area contributed by atoms with Gasteiger partial charge in [0.2, 0.25) is 5.91 Å². The molecule has 2 aromatic heterocycles. The average Bonchev–Trinajstić information content (AvgIpc) is 3.67. The molecular weight excluding hydrogens is 668 g/mol. The van der Waals surface area contributed by atoms with Crippen LogP contribution in [0.4, 0.5) is 10.2 Å². The minimum atomic E-state index is -0.781. The molecule has 0 radical (unpaired) electrons. The Morgan fingerprint density at radius 1 is 1.06 bits per heavy atom. The highest BCUT2D eigenvalue weighted by Gasteiger charge is 2.46. The van der Waals surface area contributed by atoms with Crippen LogP contribution in [0.2, 0.25) is 10.2 Å². The van der Waals surface area contributed by atoms with Crippen molar-refractivity contribution in [2.24, 2.45) is 0 Å². The van der Waals surface area contributed by atoms with Crippen LogP contribution in [-0.2, 0) is 22.6 Å². The van der Waals surface area contributed by atoms with E-state index in [2.05, 4.69) is 20.2 Å². The minimum absolute atomic E-state index is 0.000338. The van der Waals surface area contributed by atoms with Crippen LogP contribution in [0.3, 0.4) is 0 Å². The van der Waals surface area contributed by atoms with Gasteiger partial charge in [-0.15, -0.1) is 0 Å². The number of fused-ring (bicyclic) bond motifs is 1. The SMILES string of the molecule is CCOc1cccc(CN2C(C(=O)Nc3nc(Cl)ccc3C)C(c3cccc(Cl)c3F)C[C@@H]2CCn2cnc3cc(C(=O)OC)ccc32)c1. The standard InChI is InChI=1S/C37H36Cl2FN5O4/c1-4-49-26-8-5-7-23(17-26)20-45-25(15-16-44-21-41-30-18-24(37(47)48-3)12-13-31(30)44)19-28(27-9-6-10-29(38)33(27)40)34(45)36(46)43-35-22(2)11-14-32(39)42-35/h5-14,17-18,21,25,28,34H,4,15-16,19-20H2,1-3H3,(H,42,43,46)/t25-,28?,34?/m0/s1. The molecule has 3 atom stereocenters. The fourth-order valence-electron chi connectivity index (χ4n) is 6.67. The van der Waals surface area contributed by atoms with Gasteiger partial charge in [0.25, 0.3) is 0 Å². The zero-order valence-corrected chi connectivity index (χ0v) is 28.8. The van der Waals surface area contributed by atoms with E-state index >= 15 is 4.39 Å². The number of pyridine rings is 1. The molecule has 1 N–H and O–H groups in total. The van der Waals surface area contributed by atoms with E-state index in [1.54, 1.807) is 42.7 Å². The number of carbonyl (C=O) groups is 2. The highest BCUT2D eigenvalue weighted by atomic mass is 35.5. The van der Waals surface area contributed by atoms with Crippen molar-refractivity contribution in [1.82, 2.24) is 19.4 Å². The molecule has 0 saturated carbocycles. The first-order chi connectivity index (χ1) is 23.7. The first kappa shape index (κ1) is 34.4. The van der Waals surface area contributed by atoms with Crippen LogP contribution >= 0.6 is 23.2 Å². The molecule has 9 nitrogen and oxygen atoms in total. The number of amides is 1. The number of nitrogens with zero attached hydrogens (tertiary/aromatic N) is 4. The molecule has 49 heavy (non-hydrogen) atoms. The maximum absolute atomic E-state index is 15.8. The van der Waals surface area contributed by atoms with Crippen molar-refractivity contribution in [2.45, 2.75) is 57.8 Å². The van der Waals surface area contributed by atoms with Crippen LogP contribution in [-0.4, -0.2) is 57.1 Å². The molecule has 1 amide bonds. The number of aromatic nitrogens is 3. The Morgan fingerprint density at radius 3 is 2.67 bits per heavy atom. The lowest BCUT2D eigenvalue weighted by molar-refractivity contribution is -0.121. The quantitative estimate of drug-likeness (QED) is 0.111. The minimum Gasteiger partial charge on any atom is -0.494 e. The van der Waals surface area contributed by atoms with E-state index in [-0.39, 0.29) is 22.1 Å². The van der Waals surface area contributed by atoms with Gasteiger partial charge in [0, 0.05) is 25.0 Å². The number of methoxy groups -OCH3 is 1. The molecule has 1 saturated heterocycles. The maximum Gasteiger partial charge on any atom is 0.337 e. The average molecular weight is 705 g/mol. The normalized spacial score (nSPS) is 17.7. The molecular formula is C37H36Cl2FN5O4. The van der Waals surface area contributed by atoms with Crippen LogP contribution in [0.5, 0.6) is 5.75 Å². The van der Waals surface area contributed by atoms with Crippen molar-refractivity contribution in [3.63, 3.8) is 0 Å². The zero-order valence-electron chi connectivity index (χ0n) is 27.3. The van der Waals surface area contributed by atoms with Gasteiger partial charge in [-0.05, 0) is 85.8 Å². The summed E-state index contributed by atoms with van der Waals surface area (Å²) >= 11 is 12.5. The number of rotatable bonds is 11. The van der Waals surface area contributed by atoms with E-state index in [1.165, 1.54) is 13.2 Å². The zero-order chi connectivity index (χ0) is 34.7. The van der Waals surface area contributed by atoms with Crippen LogP contribution in [0.25, 0.3) is 11.0 Å². The highest BCUT2D eigenvalue weighted by molar-refractivity contribution is 6.30. The van der Waals surface area contributed by atoms with Crippen molar-refractivity contribution in [3.8, 4) is 5.75 Å². The lowest BCUT2D eigenvalue weighted by Gasteiger charge is -2.31. The third kappa shape index (κ3) is 7.41. The summed E-state index contributed by atoms with van der Waals surface area (Å²) in [6.45, 7) is 5.24. The number of hydrogen-bond donors (Lipinski definition) is 1. The van der Waals surface area contributed by atoms with E-state index in [0.717, 1.165) is 22.4 Å².